The molecule has 0 aromatic rings. The van der Waals surface area contributed by atoms with Crippen molar-refractivity contribution < 1.29 is 0 Å². The van der Waals surface area contributed by atoms with Crippen molar-refractivity contribution in [3.05, 3.63) is 11.3 Å². The summed E-state index contributed by atoms with van der Waals surface area (Å²) in [5.41, 5.74) is 2.32. The summed E-state index contributed by atoms with van der Waals surface area (Å²) in [6.07, 6.45) is 4.14. The van der Waals surface area contributed by atoms with Crippen LogP contribution >= 0.6 is 11.6 Å². The first-order valence-corrected chi connectivity index (χ1v) is 4.94. The second kappa shape index (κ2) is 4.08. The summed E-state index contributed by atoms with van der Waals surface area (Å²) in [6, 6.07) is 0. The van der Waals surface area contributed by atoms with E-state index in [0.717, 1.165) is 18.5 Å². The molecular formula is C10H16ClN. The van der Waals surface area contributed by atoms with E-state index in [4.69, 9.17) is 11.6 Å². The highest BCUT2D eigenvalue weighted by Crippen LogP contribution is 2.28. The summed E-state index contributed by atoms with van der Waals surface area (Å²) in [5, 5.41) is 0.178. The van der Waals surface area contributed by atoms with Crippen LogP contribution in [0.4, 0.5) is 0 Å². The van der Waals surface area contributed by atoms with E-state index in [-0.39, 0.29) is 5.38 Å². The van der Waals surface area contributed by atoms with Gasteiger partial charge in [0.05, 0.1) is 5.38 Å². The largest absolute Gasteiger partial charge is 0.266 e. The monoisotopic (exact) mass is 185 g/mol. The van der Waals surface area contributed by atoms with Gasteiger partial charge in [-0.05, 0) is 31.8 Å². The Morgan fingerprint density at radius 1 is 1.58 bits per heavy atom. The Labute approximate surface area is 79.5 Å². The number of hydrogen-bond acceptors (Lipinski definition) is 1. The Balaban J connectivity index is 2.86. The quantitative estimate of drug-likeness (QED) is 0.556. The Morgan fingerprint density at radius 3 is 2.83 bits per heavy atom. The van der Waals surface area contributed by atoms with Crippen molar-refractivity contribution in [1.29, 1.82) is 0 Å². The van der Waals surface area contributed by atoms with Gasteiger partial charge in [0.2, 0.25) is 0 Å². The van der Waals surface area contributed by atoms with E-state index in [2.05, 4.69) is 18.8 Å². The maximum atomic E-state index is 6.29. The highest BCUT2D eigenvalue weighted by atomic mass is 35.5. The molecule has 2 unspecified atom stereocenters. The molecule has 2 atom stereocenters. The van der Waals surface area contributed by atoms with E-state index in [1.807, 2.05) is 13.1 Å². The maximum Gasteiger partial charge on any atom is 0.0594 e. The Morgan fingerprint density at radius 2 is 2.25 bits per heavy atom. The fourth-order valence-corrected chi connectivity index (χ4v) is 1.91. The van der Waals surface area contributed by atoms with Crippen LogP contribution in [0.25, 0.3) is 0 Å². The number of halogens is 1. The fraction of sp³-hybridized carbons (Fsp3) is 0.700. The lowest BCUT2D eigenvalue weighted by atomic mass is 9.94. The predicted molar refractivity (Wildman–Crippen MR) is 54.9 cm³/mol. The lowest BCUT2D eigenvalue weighted by molar-refractivity contribution is 0.537. The molecule has 0 saturated heterocycles. The summed E-state index contributed by atoms with van der Waals surface area (Å²) < 4.78 is 0. The molecule has 0 aromatic heterocycles. The SMILES string of the molecule is CCC1CC=NC(C)=C(C)C1Cl. The van der Waals surface area contributed by atoms with Crippen LogP contribution in [-0.4, -0.2) is 11.6 Å². The van der Waals surface area contributed by atoms with Crippen LogP contribution in [0.3, 0.4) is 0 Å². The van der Waals surface area contributed by atoms with Crippen LogP contribution < -0.4 is 0 Å². The average Bonchev–Trinajstić information content (AvgIpc) is 2.19. The normalized spacial score (nSPS) is 30.7. The van der Waals surface area contributed by atoms with Crippen molar-refractivity contribution >= 4 is 17.8 Å². The lowest BCUT2D eigenvalue weighted by Crippen LogP contribution is -2.15. The Hall–Kier alpha value is -0.300. The first-order valence-electron chi connectivity index (χ1n) is 4.50. The zero-order chi connectivity index (χ0) is 9.14. The van der Waals surface area contributed by atoms with Gasteiger partial charge in [-0.3, -0.25) is 4.99 Å². The summed E-state index contributed by atoms with van der Waals surface area (Å²) in [6.45, 7) is 6.29. The number of alkyl halides is 1. The smallest absolute Gasteiger partial charge is 0.0594 e. The number of aliphatic imine (C=N–C) groups is 1. The molecule has 68 valence electrons. The summed E-state index contributed by atoms with van der Waals surface area (Å²) in [4.78, 5) is 4.32. The predicted octanol–water partition coefficient (Wildman–Crippen LogP) is 3.39. The van der Waals surface area contributed by atoms with Gasteiger partial charge in [-0.15, -0.1) is 11.6 Å². The van der Waals surface area contributed by atoms with E-state index >= 15 is 0 Å². The molecule has 0 N–H and O–H groups in total. The molecule has 0 spiro atoms. The molecule has 12 heavy (non-hydrogen) atoms. The minimum atomic E-state index is 0.178. The number of hydrogen-bond donors (Lipinski definition) is 0. The molecule has 1 aliphatic heterocycles. The Bertz CT molecular complexity index is 218. The number of nitrogens with zero attached hydrogens (tertiary/aromatic N) is 1. The molecule has 1 heterocycles. The molecule has 0 amide bonds. The molecule has 2 heteroatoms. The third kappa shape index (κ3) is 1.89. The van der Waals surface area contributed by atoms with Crippen LogP contribution in [0.5, 0.6) is 0 Å². The number of rotatable bonds is 1. The van der Waals surface area contributed by atoms with Crippen molar-refractivity contribution in [2.45, 2.75) is 39.0 Å². The second-order valence-electron chi connectivity index (χ2n) is 3.39. The average molecular weight is 186 g/mol. The first kappa shape index (κ1) is 9.79. The first-order chi connectivity index (χ1) is 5.66. The molecule has 0 saturated carbocycles. The summed E-state index contributed by atoms with van der Waals surface area (Å²) >= 11 is 6.29. The molecule has 0 bridgehead atoms. The highest BCUT2D eigenvalue weighted by molar-refractivity contribution is 6.22. The number of allylic oxidation sites excluding steroid dienone is 2. The van der Waals surface area contributed by atoms with E-state index < -0.39 is 0 Å². The summed E-state index contributed by atoms with van der Waals surface area (Å²) in [7, 11) is 0. The van der Waals surface area contributed by atoms with E-state index in [1.165, 1.54) is 5.57 Å². The van der Waals surface area contributed by atoms with Gasteiger partial charge in [0.25, 0.3) is 0 Å². The fourth-order valence-electron chi connectivity index (χ4n) is 1.47. The van der Waals surface area contributed by atoms with E-state index in [1.54, 1.807) is 0 Å². The van der Waals surface area contributed by atoms with E-state index in [0.29, 0.717) is 5.92 Å². The molecule has 1 nitrogen and oxygen atoms in total. The standard InChI is InChI=1S/C10H16ClN/c1-4-9-5-6-12-8(3)7(2)10(9)11/h6,9-10H,4-5H2,1-3H3. The van der Waals surface area contributed by atoms with Crippen molar-refractivity contribution in [3.8, 4) is 0 Å². The van der Waals surface area contributed by atoms with Gasteiger partial charge in [-0.25, -0.2) is 0 Å². The van der Waals surface area contributed by atoms with Gasteiger partial charge in [0.1, 0.15) is 0 Å². The van der Waals surface area contributed by atoms with Gasteiger partial charge in [-0.1, -0.05) is 13.3 Å². The van der Waals surface area contributed by atoms with Gasteiger partial charge >= 0.3 is 0 Å². The molecule has 1 rings (SSSR count). The third-order valence-corrected chi connectivity index (χ3v) is 3.30. The minimum Gasteiger partial charge on any atom is -0.266 e. The maximum absolute atomic E-state index is 6.29. The third-order valence-electron chi connectivity index (χ3n) is 2.62. The molecule has 0 fully saturated rings. The molecule has 0 aromatic carbocycles. The van der Waals surface area contributed by atoms with Crippen molar-refractivity contribution in [1.82, 2.24) is 0 Å². The van der Waals surface area contributed by atoms with E-state index in [9.17, 15) is 0 Å². The topological polar surface area (TPSA) is 12.4 Å². The second-order valence-corrected chi connectivity index (χ2v) is 3.86. The zero-order valence-electron chi connectivity index (χ0n) is 7.97. The zero-order valence-corrected chi connectivity index (χ0v) is 8.73. The van der Waals surface area contributed by atoms with Crippen LogP contribution in [0.1, 0.15) is 33.6 Å². The lowest BCUT2D eigenvalue weighted by Gasteiger charge is -2.18. The molecule has 0 aliphatic carbocycles. The van der Waals surface area contributed by atoms with Crippen LogP contribution in [-0.2, 0) is 0 Å². The van der Waals surface area contributed by atoms with Gasteiger partial charge < -0.3 is 0 Å². The Kier molecular flexibility index (Phi) is 3.33. The van der Waals surface area contributed by atoms with Crippen LogP contribution in [0, 0.1) is 5.92 Å². The van der Waals surface area contributed by atoms with Crippen LogP contribution in [0.2, 0.25) is 0 Å². The van der Waals surface area contributed by atoms with Crippen molar-refractivity contribution in [3.63, 3.8) is 0 Å². The molecule has 1 aliphatic rings. The van der Waals surface area contributed by atoms with Crippen LogP contribution in [0.15, 0.2) is 16.3 Å². The van der Waals surface area contributed by atoms with Gasteiger partial charge in [0.15, 0.2) is 0 Å². The minimum absolute atomic E-state index is 0.178. The van der Waals surface area contributed by atoms with Crippen molar-refractivity contribution in [2.75, 3.05) is 0 Å². The van der Waals surface area contributed by atoms with Gasteiger partial charge in [-0.2, -0.15) is 0 Å². The summed E-state index contributed by atoms with van der Waals surface area (Å²) in [5.74, 6) is 0.563. The molecule has 0 radical (unpaired) electrons. The highest BCUT2D eigenvalue weighted by Gasteiger charge is 2.21. The van der Waals surface area contributed by atoms with Gasteiger partial charge in [0, 0.05) is 11.9 Å². The molecular weight excluding hydrogens is 170 g/mol. The van der Waals surface area contributed by atoms with Crippen molar-refractivity contribution in [2.24, 2.45) is 10.9 Å².